The molecule has 7 heteroatoms. The van der Waals surface area contributed by atoms with Gasteiger partial charge in [-0.2, -0.15) is 0 Å². The van der Waals surface area contributed by atoms with E-state index in [0.717, 1.165) is 0 Å². The molecular formula is C21H18ClN3O3. The Hall–Kier alpha value is -3.51. The summed E-state index contributed by atoms with van der Waals surface area (Å²) in [5.41, 5.74) is 7.66. The first-order chi connectivity index (χ1) is 13.5. The van der Waals surface area contributed by atoms with Crippen LogP contribution in [-0.2, 0) is 9.59 Å². The number of hydrogen-bond acceptors (Lipinski definition) is 4. The number of benzene rings is 3. The maximum atomic E-state index is 13.0. The number of nitrogens with zero attached hydrogens (tertiary/aromatic N) is 1. The zero-order valence-corrected chi connectivity index (χ0v) is 15.8. The summed E-state index contributed by atoms with van der Waals surface area (Å²) in [4.78, 5) is 27.1. The minimum Gasteiger partial charge on any atom is -0.495 e. The first-order valence-corrected chi connectivity index (χ1v) is 8.77. The highest BCUT2D eigenvalue weighted by molar-refractivity contribution is 6.46. The summed E-state index contributed by atoms with van der Waals surface area (Å²) in [5, 5.41) is 2.97. The molecular weight excluding hydrogens is 378 g/mol. The van der Waals surface area contributed by atoms with E-state index in [1.165, 1.54) is 18.1 Å². The quantitative estimate of drug-likeness (QED) is 0.511. The van der Waals surface area contributed by atoms with Crippen molar-refractivity contribution in [2.45, 2.75) is 0 Å². The highest BCUT2D eigenvalue weighted by atomic mass is 35.5. The lowest BCUT2D eigenvalue weighted by atomic mass is 10.2. The summed E-state index contributed by atoms with van der Waals surface area (Å²) in [6.07, 6.45) is 0. The van der Waals surface area contributed by atoms with Gasteiger partial charge in [-0.15, -0.1) is 0 Å². The Morgan fingerprint density at radius 1 is 0.964 bits per heavy atom. The zero-order chi connectivity index (χ0) is 20.1. The van der Waals surface area contributed by atoms with E-state index in [-0.39, 0.29) is 0 Å². The number of carbonyl (C=O) groups excluding carboxylic acids is 2. The van der Waals surface area contributed by atoms with Gasteiger partial charge in [0.2, 0.25) is 0 Å². The van der Waals surface area contributed by atoms with Crippen LogP contribution in [0.1, 0.15) is 0 Å². The average Bonchev–Trinajstić information content (AvgIpc) is 2.70. The van der Waals surface area contributed by atoms with E-state index in [2.05, 4.69) is 5.32 Å². The number of hydrogen-bond donors (Lipinski definition) is 2. The van der Waals surface area contributed by atoms with Crippen LogP contribution in [0.5, 0.6) is 5.75 Å². The predicted octanol–water partition coefficient (Wildman–Crippen LogP) is 4.23. The van der Waals surface area contributed by atoms with E-state index in [9.17, 15) is 9.59 Å². The van der Waals surface area contributed by atoms with Crippen molar-refractivity contribution >= 4 is 46.2 Å². The van der Waals surface area contributed by atoms with E-state index in [1.807, 2.05) is 6.07 Å². The molecule has 142 valence electrons. The molecule has 0 aliphatic rings. The molecule has 0 aromatic heterocycles. The monoisotopic (exact) mass is 395 g/mol. The van der Waals surface area contributed by atoms with Crippen molar-refractivity contribution in [3.63, 3.8) is 0 Å². The molecule has 0 spiro atoms. The van der Waals surface area contributed by atoms with Crippen LogP contribution in [0.4, 0.5) is 22.7 Å². The third-order valence-electron chi connectivity index (χ3n) is 3.97. The molecule has 0 saturated heterocycles. The maximum Gasteiger partial charge on any atom is 0.321 e. The van der Waals surface area contributed by atoms with E-state index >= 15 is 0 Å². The Morgan fingerprint density at radius 2 is 1.61 bits per heavy atom. The number of nitrogens with one attached hydrogen (secondary N) is 1. The number of nitrogens with two attached hydrogens (primary N) is 1. The van der Waals surface area contributed by atoms with Gasteiger partial charge in [0.05, 0.1) is 12.8 Å². The SMILES string of the molecule is COc1ccc(Cl)cc1NC(=O)C(=O)N(c1ccccc1)c1ccc(N)cc1. The lowest BCUT2D eigenvalue weighted by molar-refractivity contribution is -0.134. The largest absolute Gasteiger partial charge is 0.495 e. The Kier molecular flexibility index (Phi) is 5.81. The summed E-state index contributed by atoms with van der Waals surface area (Å²) in [7, 11) is 1.46. The van der Waals surface area contributed by atoms with Gasteiger partial charge in [0, 0.05) is 22.1 Å². The van der Waals surface area contributed by atoms with Crippen molar-refractivity contribution < 1.29 is 14.3 Å². The summed E-state index contributed by atoms with van der Waals surface area (Å²) >= 11 is 5.99. The molecule has 0 aliphatic carbocycles. The molecule has 0 aliphatic heterocycles. The van der Waals surface area contributed by atoms with Crippen molar-refractivity contribution in [1.82, 2.24) is 0 Å². The molecule has 0 bridgehead atoms. The molecule has 3 rings (SSSR count). The molecule has 28 heavy (non-hydrogen) atoms. The fourth-order valence-corrected chi connectivity index (χ4v) is 2.81. The number of amides is 2. The van der Waals surface area contributed by atoms with Crippen LogP contribution in [0.3, 0.4) is 0 Å². The average molecular weight is 396 g/mol. The molecule has 2 amide bonds. The highest BCUT2D eigenvalue weighted by Gasteiger charge is 2.26. The first-order valence-electron chi connectivity index (χ1n) is 8.39. The summed E-state index contributed by atoms with van der Waals surface area (Å²) in [6, 6.07) is 20.3. The van der Waals surface area contributed by atoms with E-state index in [4.69, 9.17) is 22.1 Å². The Labute approximate surface area is 167 Å². The second kappa shape index (κ2) is 8.45. The summed E-state index contributed by atoms with van der Waals surface area (Å²) < 4.78 is 5.21. The molecule has 0 heterocycles. The molecule has 0 fully saturated rings. The topological polar surface area (TPSA) is 84.7 Å². The Balaban J connectivity index is 1.94. The molecule has 0 atom stereocenters. The normalized spacial score (nSPS) is 10.2. The van der Waals surface area contributed by atoms with Crippen LogP contribution in [0.2, 0.25) is 5.02 Å². The second-order valence-corrected chi connectivity index (χ2v) is 6.30. The first kappa shape index (κ1) is 19.3. The minimum absolute atomic E-state index is 0.304. The number of rotatable bonds is 4. The van der Waals surface area contributed by atoms with Gasteiger partial charge in [-0.1, -0.05) is 29.8 Å². The van der Waals surface area contributed by atoms with E-state index < -0.39 is 11.8 Å². The highest BCUT2D eigenvalue weighted by Crippen LogP contribution is 2.29. The molecule has 0 unspecified atom stereocenters. The smallest absolute Gasteiger partial charge is 0.321 e. The lowest BCUT2D eigenvalue weighted by Gasteiger charge is -2.23. The van der Waals surface area contributed by atoms with Crippen LogP contribution in [0.15, 0.2) is 72.8 Å². The standard InChI is InChI=1S/C21H18ClN3O3/c1-28-19-12-7-14(22)13-18(19)24-20(26)21(27)25(16-5-3-2-4-6-16)17-10-8-15(23)9-11-17/h2-13H,23H2,1H3,(H,24,26). The van der Waals surface area contributed by atoms with Gasteiger partial charge in [0.25, 0.3) is 0 Å². The van der Waals surface area contributed by atoms with Crippen LogP contribution in [0, 0.1) is 0 Å². The Bertz CT molecular complexity index is 992. The fourth-order valence-electron chi connectivity index (χ4n) is 2.64. The number of carbonyl (C=O) groups is 2. The number of anilines is 4. The van der Waals surface area contributed by atoms with Crippen molar-refractivity contribution in [3.8, 4) is 5.75 Å². The number of ether oxygens (including phenoxy) is 1. The summed E-state index contributed by atoms with van der Waals surface area (Å²) in [6.45, 7) is 0. The van der Waals surface area contributed by atoms with Crippen molar-refractivity contribution in [2.24, 2.45) is 0 Å². The minimum atomic E-state index is -0.832. The van der Waals surface area contributed by atoms with Gasteiger partial charge in [-0.25, -0.2) is 0 Å². The van der Waals surface area contributed by atoms with Crippen molar-refractivity contribution in [3.05, 3.63) is 77.8 Å². The zero-order valence-electron chi connectivity index (χ0n) is 15.1. The third-order valence-corrected chi connectivity index (χ3v) is 4.21. The number of nitrogen functional groups attached to an aromatic ring is 1. The van der Waals surface area contributed by atoms with E-state index in [0.29, 0.717) is 33.5 Å². The van der Waals surface area contributed by atoms with Crippen LogP contribution >= 0.6 is 11.6 Å². The molecule has 3 aromatic carbocycles. The fraction of sp³-hybridized carbons (Fsp3) is 0.0476. The van der Waals surface area contributed by atoms with Crippen molar-refractivity contribution in [1.29, 1.82) is 0 Å². The molecule has 0 saturated carbocycles. The summed E-state index contributed by atoms with van der Waals surface area (Å²) in [5.74, 6) is -1.21. The lowest BCUT2D eigenvalue weighted by Crippen LogP contribution is -2.36. The number of methoxy groups -OCH3 is 1. The van der Waals surface area contributed by atoms with Gasteiger partial charge >= 0.3 is 11.8 Å². The molecule has 0 radical (unpaired) electrons. The van der Waals surface area contributed by atoms with Crippen LogP contribution in [0.25, 0.3) is 0 Å². The van der Waals surface area contributed by atoms with Gasteiger partial charge in [0.15, 0.2) is 0 Å². The van der Waals surface area contributed by atoms with E-state index in [1.54, 1.807) is 60.7 Å². The molecule has 3 N–H and O–H groups in total. The van der Waals surface area contributed by atoms with Gasteiger partial charge < -0.3 is 15.8 Å². The van der Waals surface area contributed by atoms with Gasteiger partial charge in [-0.3, -0.25) is 14.5 Å². The van der Waals surface area contributed by atoms with Gasteiger partial charge in [0.1, 0.15) is 5.75 Å². The second-order valence-electron chi connectivity index (χ2n) is 5.87. The number of para-hydroxylation sites is 1. The van der Waals surface area contributed by atoms with Crippen molar-refractivity contribution in [2.75, 3.05) is 23.1 Å². The molecule has 3 aromatic rings. The number of halogens is 1. The molecule has 6 nitrogen and oxygen atoms in total. The predicted molar refractivity (Wildman–Crippen MR) is 111 cm³/mol. The maximum absolute atomic E-state index is 13.0. The third kappa shape index (κ3) is 4.24. The van der Waals surface area contributed by atoms with Gasteiger partial charge in [-0.05, 0) is 54.6 Å². The van der Waals surface area contributed by atoms with Crippen LogP contribution < -0.4 is 20.7 Å². The van der Waals surface area contributed by atoms with Crippen LogP contribution in [-0.4, -0.2) is 18.9 Å². The Morgan fingerprint density at radius 3 is 2.25 bits per heavy atom.